The number of benzene rings is 2. The van der Waals surface area contributed by atoms with Crippen molar-refractivity contribution < 1.29 is 14.3 Å². The number of anilines is 1. The lowest BCUT2D eigenvalue weighted by Gasteiger charge is -2.36. The monoisotopic (exact) mass is 462 g/mol. The summed E-state index contributed by atoms with van der Waals surface area (Å²) in [6.07, 6.45) is 2.25. The Hall–Kier alpha value is -2.96. The van der Waals surface area contributed by atoms with Crippen LogP contribution < -0.4 is 5.32 Å². The molecule has 1 N–H and O–H groups in total. The van der Waals surface area contributed by atoms with Crippen molar-refractivity contribution in [3.05, 3.63) is 77.9 Å². The number of nitrogens with zero attached hydrogens (tertiary/aromatic N) is 1. The first-order valence-electron chi connectivity index (χ1n) is 11.5. The Morgan fingerprint density at radius 3 is 2.48 bits per heavy atom. The van der Waals surface area contributed by atoms with Gasteiger partial charge in [0.1, 0.15) is 11.0 Å². The van der Waals surface area contributed by atoms with Crippen molar-refractivity contribution in [3.63, 3.8) is 0 Å². The van der Waals surface area contributed by atoms with Gasteiger partial charge in [0, 0.05) is 11.4 Å². The van der Waals surface area contributed by atoms with Gasteiger partial charge in [0.05, 0.1) is 12.2 Å². The Bertz CT molecular complexity index is 1080. The summed E-state index contributed by atoms with van der Waals surface area (Å²) in [5, 5.41) is 3.62. The normalized spacial score (nSPS) is 17.3. The number of esters is 1. The Kier molecular flexibility index (Phi) is 7.57. The van der Waals surface area contributed by atoms with E-state index in [1.165, 1.54) is 17.8 Å². The molecule has 0 radical (unpaired) electrons. The molecule has 0 saturated carbocycles. The van der Waals surface area contributed by atoms with E-state index in [1.54, 1.807) is 6.92 Å². The summed E-state index contributed by atoms with van der Waals surface area (Å²) in [5.41, 5.74) is 2.35. The lowest BCUT2D eigenvalue weighted by atomic mass is 9.95. The highest BCUT2D eigenvalue weighted by Crippen LogP contribution is 2.37. The van der Waals surface area contributed by atoms with Crippen LogP contribution in [0.2, 0.25) is 0 Å². The molecule has 2 heterocycles. The number of hydrogen-bond acceptors (Lipinski definition) is 5. The van der Waals surface area contributed by atoms with Crippen LogP contribution in [0.3, 0.4) is 0 Å². The van der Waals surface area contributed by atoms with E-state index in [2.05, 4.69) is 17.1 Å². The van der Waals surface area contributed by atoms with Crippen LogP contribution in [0, 0.1) is 5.92 Å². The average Bonchev–Trinajstić information content (AvgIpc) is 3.24. The van der Waals surface area contributed by atoms with Crippen LogP contribution in [0.15, 0.2) is 66.7 Å². The number of carbonyl (C=O) groups is 2. The summed E-state index contributed by atoms with van der Waals surface area (Å²) < 4.78 is 5.28. The van der Waals surface area contributed by atoms with Gasteiger partial charge in [-0.3, -0.25) is 9.69 Å². The lowest BCUT2D eigenvalue weighted by Crippen LogP contribution is -2.42. The maximum Gasteiger partial charge on any atom is 0.341 e. The van der Waals surface area contributed by atoms with Crippen LogP contribution in [0.1, 0.15) is 48.7 Å². The Morgan fingerprint density at radius 1 is 1.12 bits per heavy atom. The zero-order valence-corrected chi connectivity index (χ0v) is 19.9. The molecule has 2 aromatic carbocycles. The molecule has 2 atom stereocenters. The molecular formula is C27H30N2O3S. The molecule has 1 amide bonds. The lowest BCUT2D eigenvalue weighted by molar-refractivity contribution is -0.122. The second-order valence-corrected chi connectivity index (χ2v) is 9.54. The van der Waals surface area contributed by atoms with E-state index >= 15 is 0 Å². The standard InChI is InChI=1S/C27H30N2O3S/c1-3-32-27(31)22-17-23(20-12-6-4-7-13-20)33-26(22)28-25(30)24(21-14-8-5-9-15-21)29-16-10-11-19(2)18-29/h4-9,12-15,17,19,24H,3,10-11,16,18H2,1-2H3,(H,28,30)/t19-,24-/m1/s1. The van der Waals surface area contributed by atoms with Crippen LogP contribution >= 0.6 is 11.3 Å². The average molecular weight is 463 g/mol. The second-order valence-electron chi connectivity index (χ2n) is 8.48. The summed E-state index contributed by atoms with van der Waals surface area (Å²) in [6, 6.07) is 21.2. The van der Waals surface area contributed by atoms with E-state index in [4.69, 9.17) is 4.74 Å². The van der Waals surface area contributed by atoms with Crippen molar-refractivity contribution in [1.29, 1.82) is 0 Å². The van der Waals surface area contributed by atoms with Crippen molar-refractivity contribution in [2.24, 2.45) is 5.92 Å². The number of rotatable bonds is 7. The molecule has 0 unspecified atom stereocenters. The highest BCUT2D eigenvalue weighted by atomic mass is 32.1. The Balaban J connectivity index is 1.67. The molecule has 1 aromatic heterocycles. The molecule has 1 saturated heterocycles. The van der Waals surface area contributed by atoms with Gasteiger partial charge in [-0.25, -0.2) is 4.79 Å². The predicted octanol–water partition coefficient (Wildman–Crippen LogP) is 6.00. The molecule has 4 rings (SSSR count). The van der Waals surface area contributed by atoms with Crippen LogP contribution in [0.5, 0.6) is 0 Å². The molecule has 0 bridgehead atoms. The van der Waals surface area contributed by atoms with Gasteiger partial charge in [-0.15, -0.1) is 11.3 Å². The van der Waals surface area contributed by atoms with Crippen molar-refractivity contribution in [2.45, 2.75) is 32.7 Å². The van der Waals surface area contributed by atoms with Crippen molar-refractivity contribution in [3.8, 4) is 10.4 Å². The van der Waals surface area contributed by atoms with Crippen molar-refractivity contribution in [1.82, 2.24) is 4.90 Å². The summed E-state index contributed by atoms with van der Waals surface area (Å²) >= 11 is 1.40. The van der Waals surface area contributed by atoms with Crippen molar-refractivity contribution in [2.75, 3.05) is 25.0 Å². The van der Waals surface area contributed by atoms with Gasteiger partial charge < -0.3 is 10.1 Å². The summed E-state index contributed by atoms with van der Waals surface area (Å²) in [7, 11) is 0. The van der Waals surface area contributed by atoms with Gasteiger partial charge in [0.2, 0.25) is 5.91 Å². The first kappa shape index (κ1) is 23.2. The molecule has 33 heavy (non-hydrogen) atoms. The topological polar surface area (TPSA) is 58.6 Å². The fourth-order valence-electron chi connectivity index (χ4n) is 4.39. The third-order valence-electron chi connectivity index (χ3n) is 5.94. The molecular weight excluding hydrogens is 432 g/mol. The van der Waals surface area contributed by atoms with Crippen LogP contribution in [0.25, 0.3) is 10.4 Å². The molecule has 1 aliphatic heterocycles. The van der Waals surface area contributed by atoms with Gasteiger partial charge >= 0.3 is 5.97 Å². The first-order chi connectivity index (χ1) is 16.1. The number of carbonyl (C=O) groups excluding carboxylic acids is 2. The zero-order chi connectivity index (χ0) is 23.2. The minimum Gasteiger partial charge on any atom is -0.462 e. The maximum atomic E-state index is 13.7. The fourth-order valence-corrected chi connectivity index (χ4v) is 5.45. The van der Waals surface area contributed by atoms with Gasteiger partial charge in [0.15, 0.2) is 0 Å². The molecule has 0 aliphatic carbocycles. The Morgan fingerprint density at radius 2 is 1.82 bits per heavy atom. The SMILES string of the molecule is CCOC(=O)c1cc(-c2ccccc2)sc1NC(=O)[C@@H](c1ccccc1)N1CCC[C@@H](C)C1. The van der Waals surface area contributed by atoms with Gasteiger partial charge in [-0.2, -0.15) is 0 Å². The second kappa shape index (κ2) is 10.8. The third-order valence-corrected chi connectivity index (χ3v) is 7.04. The Labute approximate surface area is 199 Å². The summed E-state index contributed by atoms with van der Waals surface area (Å²) in [6.45, 7) is 6.04. The molecule has 0 spiro atoms. The fraction of sp³-hybridized carbons (Fsp3) is 0.333. The quantitative estimate of drug-likeness (QED) is 0.437. The highest BCUT2D eigenvalue weighted by Gasteiger charge is 2.32. The molecule has 6 heteroatoms. The number of nitrogens with one attached hydrogen (secondary N) is 1. The van der Waals surface area contributed by atoms with Gasteiger partial charge in [-0.05, 0) is 49.4 Å². The number of amides is 1. The van der Waals surface area contributed by atoms with Gasteiger partial charge in [0.25, 0.3) is 0 Å². The van der Waals surface area contributed by atoms with E-state index in [9.17, 15) is 9.59 Å². The number of thiophene rings is 1. The zero-order valence-electron chi connectivity index (χ0n) is 19.1. The van der Waals surface area contributed by atoms with Crippen LogP contribution in [0.4, 0.5) is 5.00 Å². The first-order valence-corrected chi connectivity index (χ1v) is 12.3. The largest absolute Gasteiger partial charge is 0.462 e. The van der Waals surface area contributed by atoms with Crippen LogP contribution in [-0.2, 0) is 9.53 Å². The van der Waals surface area contributed by atoms with E-state index < -0.39 is 12.0 Å². The number of ether oxygens (including phenoxy) is 1. The van der Waals surface area contributed by atoms with E-state index in [0.717, 1.165) is 35.5 Å². The summed E-state index contributed by atoms with van der Waals surface area (Å²) in [4.78, 5) is 29.6. The van der Waals surface area contributed by atoms with E-state index in [0.29, 0.717) is 16.5 Å². The van der Waals surface area contributed by atoms with E-state index in [1.807, 2.05) is 66.7 Å². The molecule has 1 fully saturated rings. The number of hydrogen-bond donors (Lipinski definition) is 1. The summed E-state index contributed by atoms with van der Waals surface area (Å²) in [5.74, 6) is -0.00401. The smallest absolute Gasteiger partial charge is 0.341 e. The minimum atomic E-state index is -0.422. The third kappa shape index (κ3) is 5.52. The maximum absolute atomic E-state index is 13.7. The highest BCUT2D eigenvalue weighted by molar-refractivity contribution is 7.20. The number of likely N-dealkylation sites (tertiary alicyclic amines) is 1. The minimum absolute atomic E-state index is 0.123. The molecule has 1 aliphatic rings. The predicted molar refractivity (Wildman–Crippen MR) is 133 cm³/mol. The molecule has 172 valence electrons. The molecule has 3 aromatic rings. The number of piperidine rings is 1. The molecule has 5 nitrogen and oxygen atoms in total. The van der Waals surface area contributed by atoms with Crippen LogP contribution in [-0.4, -0.2) is 36.5 Å². The van der Waals surface area contributed by atoms with E-state index in [-0.39, 0.29) is 12.5 Å². The van der Waals surface area contributed by atoms with Crippen molar-refractivity contribution >= 4 is 28.2 Å². The van der Waals surface area contributed by atoms with Gasteiger partial charge in [-0.1, -0.05) is 67.6 Å².